The Bertz CT molecular complexity index is 539. The lowest BCUT2D eigenvalue weighted by Crippen LogP contribution is -2.48. The van der Waals surface area contributed by atoms with Crippen LogP contribution in [0.25, 0.3) is 0 Å². The molecule has 7 heteroatoms. The molecule has 0 bridgehead atoms. The van der Waals surface area contributed by atoms with Crippen LogP contribution >= 0.6 is 15.9 Å². The Morgan fingerprint density at radius 2 is 1.89 bits per heavy atom. The second kappa shape index (κ2) is 5.14. The molecule has 0 amide bonds. The first-order valence-corrected chi connectivity index (χ1v) is 8.35. The second-order valence-corrected chi connectivity index (χ2v) is 7.19. The van der Waals surface area contributed by atoms with Gasteiger partial charge in [0.25, 0.3) is 0 Å². The fraction of sp³-hybridized carbons (Fsp3) is 0.545. The molecular formula is C11H16BrN3O2S. The van der Waals surface area contributed by atoms with Crippen LogP contribution in [0.5, 0.6) is 0 Å². The molecule has 2 heterocycles. The molecule has 1 saturated heterocycles. The number of aryl methyl sites for hydroxylation is 1. The van der Waals surface area contributed by atoms with E-state index in [4.69, 9.17) is 0 Å². The zero-order valence-electron chi connectivity index (χ0n) is 10.4. The number of nitrogens with zero attached hydrogens (tertiary/aromatic N) is 3. The molecule has 0 aromatic carbocycles. The summed E-state index contributed by atoms with van der Waals surface area (Å²) in [5.41, 5.74) is 1.13. The summed E-state index contributed by atoms with van der Waals surface area (Å²) in [7, 11) is -3.08. The first-order chi connectivity index (χ1) is 8.39. The van der Waals surface area contributed by atoms with Crippen LogP contribution in [0.15, 0.2) is 16.7 Å². The van der Waals surface area contributed by atoms with Crippen LogP contribution in [-0.4, -0.2) is 50.1 Å². The van der Waals surface area contributed by atoms with Crippen LogP contribution in [0.1, 0.15) is 5.56 Å². The van der Waals surface area contributed by atoms with Crippen molar-refractivity contribution in [2.24, 2.45) is 0 Å². The highest BCUT2D eigenvalue weighted by Gasteiger charge is 2.25. The minimum Gasteiger partial charge on any atom is -0.353 e. The predicted molar refractivity (Wildman–Crippen MR) is 75.3 cm³/mol. The number of aromatic nitrogens is 1. The molecule has 1 aliphatic rings. The SMILES string of the molecule is Cc1ccnc(N2CCN(S(C)(=O)=O)CC2)c1Br. The molecule has 0 N–H and O–H groups in total. The second-order valence-electron chi connectivity index (χ2n) is 4.41. The molecule has 0 radical (unpaired) electrons. The number of sulfonamides is 1. The first kappa shape index (κ1) is 13.8. The number of anilines is 1. The predicted octanol–water partition coefficient (Wildman–Crippen LogP) is 1.23. The van der Waals surface area contributed by atoms with Crippen molar-refractivity contribution in [2.45, 2.75) is 6.92 Å². The van der Waals surface area contributed by atoms with E-state index in [1.165, 1.54) is 10.6 Å². The van der Waals surface area contributed by atoms with Gasteiger partial charge >= 0.3 is 0 Å². The van der Waals surface area contributed by atoms with Gasteiger partial charge in [0.15, 0.2) is 0 Å². The Morgan fingerprint density at radius 1 is 1.28 bits per heavy atom. The molecule has 0 saturated carbocycles. The molecule has 1 fully saturated rings. The molecular weight excluding hydrogens is 318 g/mol. The number of hydrogen-bond donors (Lipinski definition) is 0. The van der Waals surface area contributed by atoms with Gasteiger partial charge in [-0.2, -0.15) is 4.31 Å². The summed E-state index contributed by atoms with van der Waals surface area (Å²) in [4.78, 5) is 6.47. The van der Waals surface area contributed by atoms with Crippen molar-refractivity contribution in [1.29, 1.82) is 0 Å². The maximum atomic E-state index is 11.4. The van der Waals surface area contributed by atoms with Gasteiger partial charge in [-0.1, -0.05) is 0 Å². The molecule has 1 aromatic heterocycles. The Kier molecular flexibility index (Phi) is 3.93. The smallest absolute Gasteiger partial charge is 0.211 e. The minimum absolute atomic E-state index is 0.515. The van der Waals surface area contributed by atoms with Gasteiger partial charge in [-0.25, -0.2) is 13.4 Å². The van der Waals surface area contributed by atoms with E-state index in [1.807, 2.05) is 13.0 Å². The molecule has 1 aromatic rings. The quantitative estimate of drug-likeness (QED) is 0.816. The fourth-order valence-electron chi connectivity index (χ4n) is 1.98. The lowest BCUT2D eigenvalue weighted by atomic mass is 10.2. The van der Waals surface area contributed by atoms with E-state index in [2.05, 4.69) is 25.8 Å². The van der Waals surface area contributed by atoms with Crippen LogP contribution in [0.3, 0.4) is 0 Å². The van der Waals surface area contributed by atoms with Gasteiger partial charge in [0.2, 0.25) is 10.0 Å². The van der Waals surface area contributed by atoms with Gasteiger partial charge in [0, 0.05) is 32.4 Å². The summed E-state index contributed by atoms with van der Waals surface area (Å²) in [6.45, 7) is 4.38. The Hall–Kier alpha value is -0.660. The third kappa shape index (κ3) is 2.84. The first-order valence-electron chi connectivity index (χ1n) is 5.71. The van der Waals surface area contributed by atoms with Gasteiger partial charge in [-0.05, 0) is 34.5 Å². The summed E-state index contributed by atoms with van der Waals surface area (Å²) in [6, 6.07) is 1.94. The highest BCUT2D eigenvalue weighted by atomic mass is 79.9. The average molecular weight is 334 g/mol. The van der Waals surface area contributed by atoms with Crippen molar-refractivity contribution in [3.05, 3.63) is 22.3 Å². The van der Waals surface area contributed by atoms with Crippen LogP contribution in [0.2, 0.25) is 0 Å². The topological polar surface area (TPSA) is 53.5 Å². The van der Waals surface area contributed by atoms with Crippen molar-refractivity contribution < 1.29 is 8.42 Å². The van der Waals surface area contributed by atoms with Crippen molar-refractivity contribution in [3.63, 3.8) is 0 Å². The molecule has 100 valence electrons. The van der Waals surface area contributed by atoms with Gasteiger partial charge in [0.05, 0.1) is 10.7 Å². The summed E-state index contributed by atoms with van der Waals surface area (Å²) < 4.78 is 25.4. The molecule has 5 nitrogen and oxygen atoms in total. The van der Waals surface area contributed by atoms with Gasteiger partial charge in [-0.3, -0.25) is 0 Å². The average Bonchev–Trinajstić information content (AvgIpc) is 2.32. The lowest BCUT2D eigenvalue weighted by molar-refractivity contribution is 0.386. The standard InChI is InChI=1S/C11H16BrN3O2S/c1-9-3-4-13-11(10(9)12)14-5-7-15(8-6-14)18(2,16)17/h3-4H,5-8H2,1-2H3. The summed E-state index contributed by atoms with van der Waals surface area (Å²) in [5.74, 6) is 0.892. The number of hydrogen-bond acceptors (Lipinski definition) is 4. The molecule has 2 rings (SSSR count). The Morgan fingerprint density at radius 3 is 2.44 bits per heavy atom. The highest BCUT2D eigenvalue weighted by Crippen LogP contribution is 2.27. The summed E-state index contributed by atoms with van der Waals surface area (Å²) in [6.07, 6.45) is 3.03. The largest absolute Gasteiger partial charge is 0.353 e. The molecule has 0 aliphatic carbocycles. The zero-order chi connectivity index (χ0) is 13.3. The highest BCUT2D eigenvalue weighted by molar-refractivity contribution is 9.10. The summed E-state index contributed by atoms with van der Waals surface area (Å²) >= 11 is 3.53. The number of piperazine rings is 1. The lowest BCUT2D eigenvalue weighted by Gasteiger charge is -2.34. The molecule has 18 heavy (non-hydrogen) atoms. The van der Waals surface area contributed by atoms with Crippen molar-refractivity contribution in [1.82, 2.24) is 9.29 Å². The van der Waals surface area contributed by atoms with E-state index in [0.717, 1.165) is 15.9 Å². The van der Waals surface area contributed by atoms with Gasteiger partial charge < -0.3 is 4.90 Å². The number of pyridine rings is 1. The fourth-order valence-corrected chi connectivity index (χ4v) is 3.29. The van der Waals surface area contributed by atoms with E-state index in [9.17, 15) is 8.42 Å². The number of rotatable bonds is 2. The van der Waals surface area contributed by atoms with E-state index in [1.54, 1.807) is 6.20 Å². The Balaban J connectivity index is 2.13. The van der Waals surface area contributed by atoms with E-state index < -0.39 is 10.0 Å². The van der Waals surface area contributed by atoms with Crippen molar-refractivity contribution in [2.75, 3.05) is 37.3 Å². The third-order valence-electron chi connectivity index (χ3n) is 3.07. The van der Waals surface area contributed by atoms with Crippen molar-refractivity contribution >= 4 is 31.8 Å². The third-order valence-corrected chi connectivity index (χ3v) is 5.35. The van der Waals surface area contributed by atoms with Crippen LogP contribution in [-0.2, 0) is 10.0 Å². The maximum Gasteiger partial charge on any atom is 0.211 e. The van der Waals surface area contributed by atoms with Crippen LogP contribution in [0.4, 0.5) is 5.82 Å². The Labute approximate surface area is 116 Å². The monoisotopic (exact) mass is 333 g/mol. The maximum absolute atomic E-state index is 11.4. The van der Waals surface area contributed by atoms with Crippen LogP contribution < -0.4 is 4.90 Å². The van der Waals surface area contributed by atoms with Crippen LogP contribution in [0, 0.1) is 6.92 Å². The minimum atomic E-state index is -3.08. The zero-order valence-corrected chi connectivity index (χ0v) is 12.8. The van der Waals surface area contributed by atoms with E-state index in [-0.39, 0.29) is 0 Å². The van der Waals surface area contributed by atoms with Crippen molar-refractivity contribution in [3.8, 4) is 0 Å². The molecule has 0 spiro atoms. The normalized spacial score (nSPS) is 18.1. The van der Waals surface area contributed by atoms with E-state index in [0.29, 0.717) is 26.2 Å². The number of halogens is 1. The molecule has 0 atom stereocenters. The molecule has 0 unspecified atom stereocenters. The summed E-state index contributed by atoms with van der Waals surface area (Å²) in [5, 5.41) is 0. The van der Waals surface area contributed by atoms with Gasteiger partial charge in [-0.15, -0.1) is 0 Å². The van der Waals surface area contributed by atoms with Gasteiger partial charge in [0.1, 0.15) is 5.82 Å². The van der Waals surface area contributed by atoms with E-state index >= 15 is 0 Å². The molecule has 1 aliphatic heterocycles.